The van der Waals surface area contributed by atoms with E-state index < -0.39 is 0 Å². The molecule has 0 saturated carbocycles. The second-order valence-corrected chi connectivity index (χ2v) is 6.07. The van der Waals surface area contributed by atoms with Gasteiger partial charge in [-0.15, -0.1) is 0 Å². The molecule has 0 aromatic carbocycles. The third-order valence-corrected chi connectivity index (χ3v) is 3.62. The summed E-state index contributed by atoms with van der Waals surface area (Å²) in [6.07, 6.45) is 14.6. The molecule has 0 rings (SSSR count). The van der Waals surface area contributed by atoms with Crippen LogP contribution in [0.3, 0.4) is 0 Å². The Morgan fingerprint density at radius 3 is 1.44 bits per heavy atom. The van der Waals surface area contributed by atoms with Crippen LogP contribution >= 0.6 is 0 Å². The van der Waals surface area contributed by atoms with Crippen molar-refractivity contribution in [1.82, 2.24) is 0 Å². The summed E-state index contributed by atoms with van der Waals surface area (Å²) in [6, 6.07) is 0. The lowest BCUT2D eigenvalue weighted by Gasteiger charge is -2.07. The van der Waals surface area contributed by atoms with E-state index in [1.54, 1.807) is 6.92 Å². The van der Waals surface area contributed by atoms with Crippen molar-refractivity contribution in [2.45, 2.75) is 120 Å². The van der Waals surface area contributed by atoms with Gasteiger partial charge in [-0.25, -0.2) is 0 Å². The monoisotopic (exact) mass is 366 g/mol. The number of hydrogen-bond acceptors (Lipinski definition) is 3. The van der Waals surface area contributed by atoms with Gasteiger partial charge in [-0.1, -0.05) is 101 Å². The van der Waals surface area contributed by atoms with Crippen molar-refractivity contribution in [2.24, 2.45) is 0 Å². The zero-order valence-corrected chi connectivity index (χ0v) is 14.4. The molecular formula is C22H54O3. The molecule has 0 aliphatic carbocycles. The average molecular weight is 367 g/mol. The van der Waals surface area contributed by atoms with Gasteiger partial charge in [0.25, 0.3) is 0 Å². The fraction of sp³-hybridized carbons (Fsp3) is 1.00. The first-order chi connectivity index (χ1) is 10.3. The van der Waals surface area contributed by atoms with Gasteiger partial charge in [-0.05, 0) is 13.3 Å². The van der Waals surface area contributed by atoms with Crippen LogP contribution in [0.1, 0.15) is 114 Å². The van der Waals surface area contributed by atoms with Crippen molar-refractivity contribution in [3.05, 3.63) is 0 Å². The van der Waals surface area contributed by atoms with Crippen LogP contribution in [0.4, 0.5) is 0 Å². The van der Waals surface area contributed by atoms with Crippen molar-refractivity contribution < 1.29 is 14.6 Å². The minimum Gasteiger partial charge on any atom is -0.391 e. The second-order valence-electron chi connectivity index (χ2n) is 6.07. The molecule has 1 atom stereocenters. The Labute approximate surface area is 161 Å². The Morgan fingerprint density at radius 1 is 0.600 bits per heavy atom. The summed E-state index contributed by atoms with van der Waals surface area (Å²) in [5, 5.41) is 9.00. The maximum absolute atomic E-state index is 9.00. The number of aliphatic hydroxyl groups excluding tert-OH is 1. The molecule has 160 valence electrons. The predicted octanol–water partition coefficient (Wildman–Crippen LogP) is 7.26. The summed E-state index contributed by atoms with van der Waals surface area (Å²) in [6.45, 7) is 6.47. The summed E-state index contributed by atoms with van der Waals surface area (Å²) >= 11 is 0. The van der Waals surface area contributed by atoms with E-state index in [0.717, 1.165) is 13.0 Å². The maximum Gasteiger partial charge on any atom is 0.0745 e. The van der Waals surface area contributed by atoms with Gasteiger partial charge >= 0.3 is 0 Å². The third kappa shape index (κ3) is 35.8. The molecule has 3 nitrogen and oxygen atoms in total. The molecule has 0 heterocycles. The van der Waals surface area contributed by atoms with Gasteiger partial charge in [0.05, 0.1) is 25.9 Å². The molecule has 0 saturated heterocycles. The minimum atomic E-state index is -0.378. The lowest BCUT2D eigenvalue weighted by molar-refractivity contribution is 0.00891. The molecule has 1 unspecified atom stereocenters. The summed E-state index contributed by atoms with van der Waals surface area (Å²) in [7, 11) is 0. The van der Waals surface area contributed by atoms with Crippen LogP contribution in [0.15, 0.2) is 0 Å². The Bertz CT molecular complexity index is 184. The van der Waals surface area contributed by atoms with Gasteiger partial charge in [0, 0.05) is 6.61 Å². The lowest BCUT2D eigenvalue weighted by atomic mass is 10.1. The molecule has 0 radical (unpaired) electrons. The Morgan fingerprint density at radius 2 is 1.00 bits per heavy atom. The summed E-state index contributed by atoms with van der Waals surface area (Å²) < 4.78 is 10.7. The lowest BCUT2D eigenvalue weighted by Crippen LogP contribution is -2.13. The fourth-order valence-corrected chi connectivity index (χ4v) is 2.34. The third-order valence-electron chi connectivity index (χ3n) is 3.62. The van der Waals surface area contributed by atoms with E-state index in [0.29, 0.717) is 19.8 Å². The second kappa shape index (κ2) is 31.6. The van der Waals surface area contributed by atoms with Crippen LogP contribution in [0.2, 0.25) is 0 Å². The molecule has 0 aliphatic heterocycles. The van der Waals surface area contributed by atoms with E-state index >= 15 is 0 Å². The zero-order chi connectivity index (χ0) is 15.6. The summed E-state index contributed by atoms with van der Waals surface area (Å²) in [5.41, 5.74) is 0. The first-order valence-corrected chi connectivity index (χ1v) is 9.11. The van der Waals surface area contributed by atoms with Gasteiger partial charge in [-0.3, -0.25) is 0 Å². The van der Waals surface area contributed by atoms with E-state index in [4.69, 9.17) is 14.6 Å². The van der Waals surface area contributed by atoms with Crippen molar-refractivity contribution in [3.63, 3.8) is 0 Å². The molecule has 1 N–H and O–H groups in total. The summed E-state index contributed by atoms with van der Waals surface area (Å²) in [4.78, 5) is 0. The minimum absolute atomic E-state index is 0. The normalized spacial score (nSPS) is 10.7. The quantitative estimate of drug-likeness (QED) is 0.275. The van der Waals surface area contributed by atoms with Crippen molar-refractivity contribution in [2.75, 3.05) is 26.4 Å². The Balaban J connectivity index is -0.000000333. The molecule has 0 spiro atoms. The summed E-state index contributed by atoms with van der Waals surface area (Å²) in [5.74, 6) is 0. The molecule has 0 aromatic heterocycles. The van der Waals surface area contributed by atoms with Gasteiger partial charge in [0.15, 0.2) is 0 Å². The van der Waals surface area contributed by atoms with E-state index in [-0.39, 0.29) is 35.8 Å². The molecular weight excluding hydrogens is 312 g/mol. The molecule has 0 fully saturated rings. The molecule has 0 bridgehead atoms. The highest BCUT2D eigenvalue weighted by Gasteiger charge is 1.96. The standard InChI is InChI=1S/C18H38O3.4CH4/c1-3-4-5-6-7-8-9-10-11-12-13-14-20-15-16-21-17-18(2)19;;;;/h18-19H,3-17H2,1-2H3;4*1H4. The predicted molar refractivity (Wildman–Crippen MR) is 117 cm³/mol. The number of ether oxygens (including phenoxy) is 2. The SMILES string of the molecule is C.C.C.C.CCCCCCCCCCCCCOCCOCC(C)O. The molecule has 3 heteroatoms. The largest absolute Gasteiger partial charge is 0.391 e. The van der Waals surface area contributed by atoms with Crippen LogP contribution in [-0.4, -0.2) is 37.6 Å². The number of unbranched alkanes of at least 4 members (excludes halogenated alkanes) is 10. The highest BCUT2D eigenvalue weighted by atomic mass is 16.5. The first kappa shape index (κ1) is 35.9. The number of hydrogen-bond donors (Lipinski definition) is 1. The molecule has 0 aliphatic rings. The maximum atomic E-state index is 9.00. The van der Waals surface area contributed by atoms with Crippen LogP contribution in [0.5, 0.6) is 0 Å². The van der Waals surface area contributed by atoms with Gasteiger partial charge in [0.1, 0.15) is 0 Å². The van der Waals surface area contributed by atoms with Crippen LogP contribution < -0.4 is 0 Å². The van der Waals surface area contributed by atoms with E-state index in [1.165, 1.54) is 64.2 Å². The van der Waals surface area contributed by atoms with E-state index in [9.17, 15) is 0 Å². The fourth-order valence-electron chi connectivity index (χ4n) is 2.34. The highest BCUT2D eigenvalue weighted by Crippen LogP contribution is 2.11. The smallest absolute Gasteiger partial charge is 0.0745 e. The average Bonchev–Trinajstić information content (AvgIpc) is 2.46. The molecule has 25 heavy (non-hydrogen) atoms. The Hall–Kier alpha value is -0.120. The van der Waals surface area contributed by atoms with Crippen LogP contribution in [-0.2, 0) is 9.47 Å². The van der Waals surface area contributed by atoms with Gasteiger partial charge < -0.3 is 14.6 Å². The molecule has 0 aromatic rings. The Kier molecular flexibility index (Phi) is 45.4. The molecule has 0 amide bonds. The van der Waals surface area contributed by atoms with Crippen molar-refractivity contribution in [3.8, 4) is 0 Å². The van der Waals surface area contributed by atoms with Crippen LogP contribution in [0.25, 0.3) is 0 Å². The van der Waals surface area contributed by atoms with Gasteiger partial charge in [-0.2, -0.15) is 0 Å². The van der Waals surface area contributed by atoms with Crippen LogP contribution in [0, 0.1) is 0 Å². The highest BCUT2D eigenvalue weighted by molar-refractivity contribution is 4.48. The van der Waals surface area contributed by atoms with Crippen molar-refractivity contribution in [1.29, 1.82) is 0 Å². The van der Waals surface area contributed by atoms with E-state index in [1.807, 2.05) is 0 Å². The van der Waals surface area contributed by atoms with Crippen molar-refractivity contribution >= 4 is 0 Å². The first-order valence-electron chi connectivity index (χ1n) is 9.11. The van der Waals surface area contributed by atoms with Gasteiger partial charge in [0.2, 0.25) is 0 Å². The van der Waals surface area contributed by atoms with E-state index in [2.05, 4.69) is 6.92 Å². The number of rotatable bonds is 17. The number of aliphatic hydroxyl groups is 1. The zero-order valence-electron chi connectivity index (χ0n) is 14.4. The topological polar surface area (TPSA) is 38.7 Å².